The van der Waals surface area contributed by atoms with Gasteiger partial charge in [0.2, 0.25) is 0 Å². The van der Waals surface area contributed by atoms with Gasteiger partial charge in [0.25, 0.3) is 0 Å². The van der Waals surface area contributed by atoms with Gasteiger partial charge in [-0.15, -0.1) is 0 Å². The minimum atomic E-state index is -0.265. The number of hydrazine groups is 1. The van der Waals surface area contributed by atoms with Crippen LogP contribution in [0.2, 0.25) is 0 Å². The highest BCUT2D eigenvalue weighted by Gasteiger charge is 2.16. The number of aromatic nitrogens is 2. The molecule has 1 aromatic carbocycles. The summed E-state index contributed by atoms with van der Waals surface area (Å²) in [6.45, 7) is 1.94. The first-order chi connectivity index (χ1) is 9.01. The largest absolute Gasteiger partial charge is 0.275 e. The van der Waals surface area contributed by atoms with E-state index in [-0.39, 0.29) is 11.9 Å². The summed E-state index contributed by atoms with van der Waals surface area (Å²) in [7, 11) is 1.87. The van der Waals surface area contributed by atoms with Gasteiger partial charge in [-0.05, 0) is 47.0 Å². The SMILES string of the molecule is Cc1nn(C)cc1C(Cc1ccc(F)c(Br)c1)NN. The maximum absolute atomic E-state index is 13.2. The molecule has 4 nitrogen and oxygen atoms in total. The quantitative estimate of drug-likeness (QED) is 0.670. The number of nitrogens with one attached hydrogen (secondary N) is 1. The summed E-state index contributed by atoms with van der Waals surface area (Å²) in [4.78, 5) is 0. The molecule has 0 aliphatic rings. The highest BCUT2D eigenvalue weighted by molar-refractivity contribution is 9.10. The maximum Gasteiger partial charge on any atom is 0.137 e. The summed E-state index contributed by atoms with van der Waals surface area (Å²) in [6.07, 6.45) is 2.61. The van der Waals surface area contributed by atoms with E-state index in [9.17, 15) is 4.39 Å². The Morgan fingerprint density at radius 2 is 2.26 bits per heavy atom. The average Bonchev–Trinajstić information content (AvgIpc) is 2.70. The molecule has 6 heteroatoms. The molecule has 1 unspecified atom stereocenters. The first kappa shape index (κ1) is 14.2. The number of benzene rings is 1. The van der Waals surface area contributed by atoms with Gasteiger partial charge in [0, 0.05) is 18.8 Å². The molecule has 1 heterocycles. The molecule has 1 atom stereocenters. The molecule has 102 valence electrons. The van der Waals surface area contributed by atoms with Gasteiger partial charge in [-0.2, -0.15) is 5.10 Å². The van der Waals surface area contributed by atoms with Crippen LogP contribution in [0.5, 0.6) is 0 Å². The predicted octanol–water partition coefficient (Wildman–Crippen LogP) is 2.38. The van der Waals surface area contributed by atoms with Crippen molar-refractivity contribution >= 4 is 15.9 Å². The number of nitrogens with zero attached hydrogens (tertiary/aromatic N) is 2. The lowest BCUT2D eigenvalue weighted by atomic mass is 10.00. The second-order valence-electron chi connectivity index (χ2n) is 4.52. The van der Waals surface area contributed by atoms with E-state index < -0.39 is 0 Å². The zero-order valence-corrected chi connectivity index (χ0v) is 12.4. The zero-order valence-electron chi connectivity index (χ0n) is 10.8. The Morgan fingerprint density at radius 3 is 2.79 bits per heavy atom. The summed E-state index contributed by atoms with van der Waals surface area (Å²) in [6, 6.07) is 4.93. The monoisotopic (exact) mass is 326 g/mol. The molecule has 3 N–H and O–H groups in total. The first-order valence-electron chi connectivity index (χ1n) is 5.91. The van der Waals surface area contributed by atoms with Crippen LogP contribution in [0, 0.1) is 12.7 Å². The van der Waals surface area contributed by atoms with Crippen molar-refractivity contribution in [3.63, 3.8) is 0 Å². The lowest BCUT2D eigenvalue weighted by Crippen LogP contribution is -2.29. The highest BCUT2D eigenvalue weighted by Crippen LogP contribution is 2.23. The molecular weight excluding hydrogens is 311 g/mol. The van der Waals surface area contributed by atoms with Crippen molar-refractivity contribution in [2.45, 2.75) is 19.4 Å². The Kier molecular flexibility index (Phi) is 4.34. The van der Waals surface area contributed by atoms with Crippen molar-refractivity contribution in [1.29, 1.82) is 0 Å². The molecule has 1 aromatic heterocycles. The predicted molar refractivity (Wildman–Crippen MR) is 75.8 cm³/mol. The Balaban J connectivity index is 2.23. The van der Waals surface area contributed by atoms with Gasteiger partial charge in [-0.25, -0.2) is 4.39 Å². The molecule has 0 spiro atoms. The smallest absolute Gasteiger partial charge is 0.137 e. The van der Waals surface area contributed by atoms with Crippen molar-refractivity contribution in [3.8, 4) is 0 Å². The van der Waals surface area contributed by atoms with Crippen LogP contribution in [0.3, 0.4) is 0 Å². The van der Waals surface area contributed by atoms with Gasteiger partial charge < -0.3 is 0 Å². The van der Waals surface area contributed by atoms with Crippen LogP contribution in [0.25, 0.3) is 0 Å². The van der Waals surface area contributed by atoms with Crippen molar-refractivity contribution in [2.24, 2.45) is 12.9 Å². The van der Waals surface area contributed by atoms with Gasteiger partial charge in [0.15, 0.2) is 0 Å². The lowest BCUT2D eigenvalue weighted by Gasteiger charge is -2.15. The van der Waals surface area contributed by atoms with Crippen LogP contribution < -0.4 is 11.3 Å². The minimum Gasteiger partial charge on any atom is -0.275 e. The fraction of sp³-hybridized carbons (Fsp3) is 0.308. The normalized spacial score (nSPS) is 12.7. The average molecular weight is 327 g/mol. The molecule has 0 bridgehead atoms. The molecule has 0 aliphatic carbocycles. The summed E-state index contributed by atoms with van der Waals surface area (Å²) < 4.78 is 15.4. The first-order valence-corrected chi connectivity index (χ1v) is 6.70. The van der Waals surface area contributed by atoms with E-state index in [0.29, 0.717) is 10.9 Å². The number of halogens is 2. The molecule has 2 aromatic rings. The maximum atomic E-state index is 13.2. The fourth-order valence-corrected chi connectivity index (χ4v) is 2.55. The molecular formula is C13H16BrFN4. The summed E-state index contributed by atoms with van der Waals surface area (Å²) in [5.41, 5.74) is 5.78. The fourth-order valence-electron chi connectivity index (χ4n) is 2.12. The lowest BCUT2D eigenvalue weighted by molar-refractivity contribution is 0.547. The summed E-state index contributed by atoms with van der Waals surface area (Å²) in [5.74, 6) is 5.36. The van der Waals surface area contributed by atoms with Gasteiger partial charge in [0.05, 0.1) is 16.2 Å². The van der Waals surface area contributed by atoms with Gasteiger partial charge in [-0.1, -0.05) is 6.07 Å². The van der Waals surface area contributed by atoms with E-state index in [1.54, 1.807) is 16.8 Å². The van der Waals surface area contributed by atoms with Gasteiger partial charge in [0.1, 0.15) is 5.82 Å². The number of hydrogen-bond donors (Lipinski definition) is 2. The molecule has 19 heavy (non-hydrogen) atoms. The number of hydrogen-bond acceptors (Lipinski definition) is 3. The van der Waals surface area contributed by atoms with Crippen molar-refractivity contribution in [2.75, 3.05) is 0 Å². The van der Waals surface area contributed by atoms with E-state index >= 15 is 0 Å². The van der Waals surface area contributed by atoms with E-state index in [0.717, 1.165) is 16.8 Å². The second kappa shape index (κ2) is 5.81. The van der Waals surface area contributed by atoms with E-state index in [4.69, 9.17) is 5.84 Å². The van der Waals surface area contributed by atoms with E-state index in [1.165, 1.54) is 6.07 Å². The van der Waals surface area contributed by atoms with Crippen LogP contribution in [0.4, 0.5) is 4.39 Å². The molecule has 0 fully saturated rings. The number of rotatable bonds is 4. The molecule has 0 saturated heterocycles. The molecule has 0 amide bonds. The number of aryl methyl sites for hydroxylation is 2. The van der Waals surface area contributed by atoms with Crippen LogP contribution in [0.1, 0.15) is 22.9 Å². The second-order valence-corrected chi connectivity index (χ2v) is 5.37. The van der Waals surface area contributed by atoms with Crippen molar-refractivity contribution in [1.82, 2.24) is 15.2 Å². The van der Waals surface area contributed by atoms with E-state index in [1.807, 2.05) is 20.2 Å². The van der Waals surface area contributed by atoms with Crippen LogP contribution in [-0.4, -0.2) is 9.78 Å². The zero-order chi connectivity index (χ0) is 14.0. The van der Waals surface area contributed by atoms with Crippen molar-refractivity contribution in [3.05, 3.63) is 51.5 Å². The molecule has 2 rings (SSSR count). The summed E-state index contributed by atoms with van der Waals surface area (Å²) in [5, 5.41) is 4.31. The highest BCUT2D eigenvalue weighted by atomic mass is 79.9. The third kappa shape index (κ3) is 3.20. The molecule has 0 radical (unpaired) electrons. The third-order valence-electron chi connectivity index (χ3n) is 3.05. The number of nitrogens with two attached hydrogens (primary N) is 1. The minimum absolute atomic E-state index is 0.0499. The van der Waals surface area contributed by atoms with Crippen molar-refractivity contribution < 1.29 is 4.39 Å². The Morgan fingerprint density at radius 1 is 1.53 bits per heavy atom. The van der Waals surface area contributed by atoms with Gasteiger partial charge >= 0.3 is 0 Å². The van der Waals surface area contributed by atoms with Crippen LogP contribution >= 0.6 is 15.9 Å². The molecule has 0 saturated carbocycles. The summed E-state index contributed by atoms with van der Waals surface area (Å²) >= 11 is 3.19. The Hall–Kier alpha value is -1.24. The molecule has 0 aliphatic heterocycles. The van der Waals surface area contributed by atoms with Crippen LogP contribution in [0.15, 0.2) is 28.9 Å². The topological polar surface area (TPSA) is 55.9 Å². The third-order valence-corrected chi connectivity index (χ3v) is 3.66. The Labute approximate surface area is 119 Å². The van der Waals surface area contributed by atoms with E-state index in [2.05, 4.69) is 26.5 Å². The van der Waals surface area contributed by atoms with Crippen LogP contribution in [-0.2, 0) is 13.5 Å². The Bertz CT molecular complexity index is 582. The van der Waals surface area contributed by atoms with Gasteiger partial charge in [-0.3, -0.25) is 16.0 Å². The standard InChI is InChI=1S/C13H16BrFN4/c1-8-10(7-19(2)18-8)13(17-16)6-9-3-4-12(15)11(14)5-9/h3-5,7,13,17H,6,16H2,1-2H3.